The number of hydrogen-bond acceptors (Lipinski definition) is 1. The van der Waals surface area contributed by atoms with Crippen LogP contribution in [0, 0.1) is 17.3 Å². The summed E-state index contributed by atoms with van der Waals surface area (Å²) in [5.74, 6) is 2.17. The van der Waals surface area contributed by atoms with Crippen molar-refractivity contribution in [3.05, 3.63) is 29.8 Å². The van der Waals surface area contributed by atoms with Crippen molar-refractivity contribution >= 4 is 0 Å². The van der Waals surface area contributed by atoms with Crippen molar-refractivity contribution < 1.29 is 5.11 Å². The van der Waals surface area contributed by atoms with Crippen LogP contribution in [0.25, 0.3) is 0 Å². The van der Waals surface area contributed by atoms with Crippen molar-refractivity contribution in [2.75, 3.05) is 0 Å². The topological polar surface area (TPSA) is 20.2 Å². The molecule has 1 heteroatoms. The third kappa shape index (κ3) is 5.51. The van der Waals surface area contributed by atoms with Crippen LogP contribution >= 0.6 is 0 Å². The lowest BCUT2D eigenvalue weighted by Gasteiger charge is -2.40. The van der Waals surface area contributed by atoms with Crippen molar-refractivity contribution in [1.29, 1.82) is 0 Å². The zero-order chi connectivity index (χ0) is 18.2. The van der Waals surface area contributed by atoms with Gasteiger partial charge in [0.05, 0.1) is 0 Å². The molecule has 0 bridgehead atoms. The van der Waals surface area contributed by atoms with Crippen LogP contribution in [0.2, 0.25) is 0 Å². The fourth-order valence-corrected chi connectivity index (χ4v) is 5.99. The van der Waals surface area contributed by atoms with E-state index in [0.29, 0.717) is 11.2 Å². The van der Waals surface area contributed by atoms with Gasteiger partial charge in [0.25, 0.3) is 0 Å². The summed E-state index contributed by atoms with van der Waals surface area (Å²) in [5, 5.41) is 9.61. The van der Waals surface area contributed by atoms with Crippen molar-refractivity contribution in [1.82, 2.24) is 0 Å². The molecule has 0 amide bonds. The second-order valence-corrected chi connectivity index (χ2v) is 9.38. The van der Waals surface area contributed by atoms with Gasteiger partial charge in [0, 0.05) is 0 Å². The summed E-state index contributed by atoms with van der Waals surface area (Å²) in [4.78, 5) is 0. The highest BCUT2D eigenvalue weighted by Crippen LogP contribution is 2.46. The summed E-state index contributed by atoms with van der Waals surface area (Å²) in [7, 11) is 0. The van der Waals surface area contributed by atoms with Gasteiger partial charge in [-0.1, -0.05) is 76.8 Å². The van der Waals surface area contributed by atoms with Gasteiger partial charge in [0.15, 0.2) is 0 Å². The lowest BCUT2D eigenvalue weighted by molar-refractivity contribution is 0.126. The second-order valence-electron chi connectivity index (χ2n) is 9.38. The fourth-order valence-electron chi connectivity index (χ4n) is 5.99. The molecule has 26 heavy (non-hydrogen) atoms. The standard InChI is InChI=1S/C25H40O/c1-2-16-25(17-7-4-8-18-25)19-15-23(22-9-5-3-6-10-22)20-21-11-13-24(26)14-12-21/h11-14,22-23,26H,2-10,15-20H2,1H3. The van der Waals surface area contributed by atoms with Crippen molar-refractivity contribution in [2.24, 2.45) is 17.3 Å². The third-order valence-corrected chi connectivity index (χ3v) is 7.49. The van der Waals surface area contributed by atoms with Gasteiger partial charge in [0.1, 0.15) is 5.75 Å². The van der Waals surface area contributed by atoms with Crippen LogP contribution in [0.3, 0.4) is 0 Å². The van der Waals surface area contributed by atoms with E-state index < -0.39 is 0 Å². The SMILES string of the molecule is CCCC1(CCC(Cc2ccc(O)cc2)C2CCCCC2)CCCCC1. The van der Waals surface area contributed by atoms with E-state index in [1.165, 1.54) is 102 Å². The number of phenolic OH excluding ortho intramolecular Hbond substituents is 1. The number of rotatable bonds is 8. The Morgan fingerprint density at radius 1 is 0.923 bits per heavy atom. The summed E-state index contributed by atoms with van der Waals surface area (Å²) < 4.78 is 0. The zero-order valence-corrected chi connectivity index (χ0v) is 17.0. The van der Waals surface area contributed by atoms with Crippen LogP contribution in [0.1, 0.15) is 102 Å². The van der Waals surface area contributed by atoms with Crippen molar-refractivity contribution in [3.63, 3.8) is 0 Å². The molecular formula is C25H40O. The zero-order valence-electron chi connectivity index (χ0n) is 17.0. The molecule has 1 aromatic carbocycles. The number of benzene rings is 1. The van der Waals surface area contributed by atoms with E-state index in [9.17, 15) is 5.11 Å². The molecule has 2 saturated carbocycles. The highest BCUT2D eigenvalue weighted by Gasteiger charge is 2.33. The molecule has 1 unspecified atom stereocenters. The second kappa shape index (κ2) is 9.81. The summed E-state index contributed by atoms with van der Waals surface area (Å²) >= 11 is 0. The molecule has 0 saturated heterocycles. The summed E-state index contributed by atoms with van der Waals surface area (Å²) in [6.07, 6.45) is 21.5. The third-order valence-electron chi connectivity index (χ3n) is 7.49. The first-order chi connectivity index (χ1) is 12.7. The van der Waals surface area contributed by atoms with Gasteiger partial charge in [-0.15, -0.1) is 0 Å². The molecule has 0 heterocycles. The smallest absolute Gasteiger partial charge is 0.115 e. The van der Waals surface area contributed by atoms with Gasteiger partial charge in [-0.2, -0.15) is 0 Å². The Bertz CT molecular complexity index is 500. The molecule has 0 aromatic heterocycles. The minimum atomic E-state index is 0.395. The highest BCUT2D eigenvalue weighted by atomic mass is 16.3. The van der Waals surface area contributed by atoms with Gasteiger partial charge in [-0.05, 0) is 73.5 Å². The Morgan fingerprint density at radius 3 is 2.23 bits per heavy atom. The van der Waals surface area contributed by atoms with Crippen LogP contribution in [-0.4, -0.2) is 5.11 Å². The van der Waals surface area contributed by atoms with E-state index >= 15 is 0 Å². The first kappa shape index (κ1) is 19.8. The quantitative estimate of drug-likeness (QED) is 0.507. The minimum absolute atomic E-state index is 0.395. The predicted molar refractivity (Wildman–Crippen MR) is 112 cm³/mol. The van der Waals surface area contributed by atoms with E-state index in [2.05, 4.69) is 19.1 Å². The molecule has 146 valence electrons. The molecule has 0 spiro atoms. The van der Waals surface area contributed by atoms with E-state index in [0.717, 1.165) is 11.8 Å². The molecule has 2 fully saturated rings. The van der Waals surface area contributed by atoms with Crippen LogP contribution in [0.5, 0.6) is 5.75 Å². The summed E-state index contributed by atoms with van der Waals surface area (Å²) in [5.41, 5.74) is 2.08. The first-order valence-electron chi connectivity index (χ1n) is 11.5. The molecular weight excluding hydrogens is 316 g/mol. The molecule has 2 aliphatic carbocycles. The predicted octanol–water partition coefficient (Wildman–Crippen LogP) is 7.66. The summed E-state index contributed by atoms with van der Waals surface area (Å²) in [6.45, 7) is 2.38. The monoisotopic (exact) mass is 356 g/mol. The lowest BCUT2D eigenvalue weighted by Crippen LogP contribution is -2.27. The van der Waals surface area contributed by atoms with Gasteiger partial charge in [-0.25, -0.2) is 0 Å². The van der Waals surface area contributed by atoms with Crippen molar-refractivity contribution in [3.8, 4) is 5.75 Å². The average Bonchev–Trinajstić information content (AvgIpc) is 2.68. The Kier molecular flexibility index (Phi) is 7.46. The number of hydrogen-bond donors (Lipinski definition) is 1. The van der Waals surface area contributed by atoms with Gasteiger partial charge < -0.3 is 5.11 Å². The van der Waals surface area contributed by atoms with Gasteiger partial charge >= 0.3 is 0 Å². The Balaban J connectivity index is 1.66. The maximum absolute atomic E-state index is 9.61. The van der Waals surface area contributed by atoms with Crippen LogP contribution in [-0.2, 0) is 6.42 Å². The van der Waals surface area contributed by atoms with E-state index in [-0.39, 0.29) is 0 Å². The normalized spacial score (nSPS) is 22.2. The lowest BCUT2D eigenvalue weighted by atomic mass is 9.66. The molecule has 3 rings (SSSR count). The number of aromatic hydroxyl groups is 1. The largest absolute Gasteiger partial charge is 0.508 e. The van der Waals surface area contributed by atoms with Crippen LogP contribution < -0.4 is 0 Å². The van der Waals surface area contributed by atoms with Gasteiger partial charge in [-0.3, -0.25) is 0 Å². The molecule has 1 N–H and O–H groups in total. The molecule has 0 radical (unpaired) electrons. The average molecular weight is 357 g/mol. The Labute approximate surface area is 161 Å². The fraction of sp³-hybridized carbons (Fsp3) is 0.760. The van der Waals surface area contributed by atoms with E-state index in [4.69, 9.17) is 0 Å². The van der Waals surface area contributed by atoms with E-state index in [1.54, 1.807) is 0 Å². The molecule has 1 nitrogen and oxygen atoms in total. The van der Waals surface area contributed by atoms with Crippen LogP contribution in [0.4, 0.5) is 0 Å². The first-order valence-corrected chi connectivity index (χ1v) is 11.5. The Hall–Kier alpha value is -0.980. The van der Waals surface area contributed by atoms with Crippen LogP contribution in [0.15, 0.2) is 24.3 Å². The highest BCUT2D eigenvalue weighted by molar-refractivity contribution is 5.26. The maximum Gasteiger partial charge on any atom is 0.115 e. The van der Waals surface area contributed by atoms with Gasteiger partial charge in [0.2, 0.25) is 0 Å². The van der Waals surface area contributed by atoms with Crippen molar-refractivity contribution in [2.45, 2.75) is 103 Å². The molecule has 0 aliphatic heterocycles. The number of phenols is 1. The Morgan fingerprint density at radius 2 is 1.58 bits per heavy atom. The molecule has 1 aromatic rings. The maximum atomic E-state index is 9.61. The van der Waals surface area contributed by atoms with E-state index in [1.807, 2.05) is 12.1 Å². The molecule has 1 atom stereocenters. The summed E-state index contributed by atoms with van der Waals surface area (Å²) in [6, 6.07) is 8.03. The minimum Gasteiger partial charge on any atom is -0.508 e. The molecule has 2 aliphatic rings.